The molecule has 0 bridgehead atoms. The number of carbonyl (C=O) groups excluding carboxylic acids is 3. The smallest absolute Gasteiger partial charge is 0.343 e. The van der Waals surface area contributed by atoms with E-state index in [1.54, 1.807) is 65.7 Å². The largest absolute Gasteiger partial charge is 0.423 e. The molecule has 0 aliphatic carbocycles. The van der Waals surface area contributed by atoms with Crippen molar-refractivity contribution in [2.75, 3.05) is 9.96 Å². The van der Waals surface area contributed by atoms with E-state index in [9.17, 15) is 14.4 Å². The van der Waals surface area contributed by atoms with Crippen molar-refractivity contribution in [2.24, 2.45) is 5.92 Å². The maximum absolute atomic E-state index is 13.8. The van der Waals surface area contributed by atoms with Crippen molar-refractivity contribution < 1.29 is 24.0 Å². The molecule has 2 aliphatic rings. The number of hydroxylamine groups is 1. The second-order valence-corrected chi connectivity index (χ2v) is 10.1. The first-order chi connectivity index (χ1) is 18.5. The van der Waals surface area contributed by atoms with Gasteiger partial charge in [-0.05, 0) is 76.7 Å². The zero-order valence-electron chi connectivity index (χ0n) is 19.9. The van der Waals surface area contributed by atoms with Gasteiger partial charge in [0.1, 0.15) is 11.7 Å². The Bertz CT molecular complexity index is 1510. The maximum atomic E-state index is 13.8. The number of hydrogen-bond donors (Lipinski definition) is 0. The van der Waals surface area contributed by atoms with Crippen LogP contribution >= 0.6 is 22.6 Å². The number of anilines is 2. The number of amides is 2. The van der Waals surface area contributed by atoms with Crippen LogP contribution in [0.5, 0.6) is 5.75 Å². The minimum atomic E-state index is -0.959. The summed E-state index contributed by atoms with van der Waals surface area (Å²) in [6, 6.07) is 31.8. The Labute approximate surface area is 232 Å². The highest BCUT2D eigenvalue weighted by Gasteiger charge is 2.60. The van der Waals surface area contributed by atoms with Crippen molar-refractivity contribution in [2.45, 2.75) is 12.1 Å². The molecular formula is C30H21IN2O5. The fraction of sp³-hybridized carbons (Fsp3) is 0.100. The summed E-state index contributed by atoms with van der Waals surface area (Å²) < 4.78 is 6.33. The average Bonchev–Trinajstić information content (AvgIpc) is 3.46. The minimum absolute atomic E-state index is 0.313. The lowest BCUT2D eigenvalue weighted by Gasteiger charge is -2.29. The van der Waals surface area contributed by atoms with Gasteiger partial charge in [-0.2, -0.15) is 0 Å². The molecule has 0 spiro atoms. The molecule has 0 radical (unpaired) electrons. The molecule has 2 amide bonds. The average molecular weight is 616 g/mol. The standard InChI is InChI=1S/C30H21IN2O5/c31-23-13-7-8-14-24(23)32-28(34)25-26(33(38-27(25)29(32)35)21-11-5-2-6-12-21)19-15-17-22(18-16-19)37-30(36)20-9-3-1-4-10-20/h1-18,25-27H/t25-,26+,27+/m1/s1. The Morgan fingerprint density at radius 3 is 2.08 bits per heavy atom. The van der Waals surface area contributed by atoms with Gasteiger partial charge in [-0.25, -0.2) is 14.8 Å². The monoisotopic (exact) mass is 616 g/mol. The van der Waals surface area contributed by atoms with Crippen LogP contribution in [0.15, 0.2) is 109 Å². The lowest BCUT2D eigenvalue weighted by atomic mass is 9.90. The summed E-state index contributed by atoms with van der Waals surface area (Å²) in [6.45, 7) is 0. The number of ether oxygens (including phenoxy) is 1. The first-order valence-corrected chi connectivity index (χ1v) is 13.1. The van der Waals surface area contributed by atoms with Crippen LogP contribution in [0.4, 0.5) is 11.4 Å². The van der Waals surface area contributed by atoms with Gasteiger partial charge in [-0.3, -0.25) is 14.4 Å². The van der Waals surface area contributed by atoms with Gasteiger partial charge in [0.15, 0.2) is 6.10 Å². The van der Waals surface area contributed by atoms with Gasteiger partial charge in [0.25, 0.3) is 5.91 Å². The summed E-state index contributed by atoms with van der Waals surface area (Å²) in [4.78, 5) is 47.2. The normalized spacial score (nSPS) is 20.5. The molecule has 2 heterocycles. The van der Waals surface area contributed by atoms with Gasteiger partial charge >= 0.3 is 5.97 Å². The Morgan fingerprint density at radius 2 is 1.39 bits per heavy atom. The SMILES string of the molecule is O=C(Oc1ccc([C@H]2[C@H]3C(=O)N(c4ccccc4I)C(=O)[C@H]3ON2c2ccccc2)cc1)c1ccccc1. The van der Waals surface area contributed by atoms with Crippen LogP contribution in [0, 0.1) is 9.49 Å². The number of esters is 1. The van der Waals surface area contributed by atoms with Crippen molar-refractivity contribution in [3.05, 3.63) is 124 Å². The highest BCUT2D eigenvalue weighted by Crippen LogP contribution is 2.48. The molecule has 2 fully saturated rings. The van der Waals surface area contributed by atoms with E-state index in [4.69, 9.17) is 9.57 Å². The van der Waals surface area contributed by atoms with Crippen molar-refractivity contribution in [1.82, 2.24) is 0 Å². The zero-order chi connectivity index (χ0) is 26.2. The van der Waals surface area contributed by atoms with E-state index >= 15 is 0 Å². The van der Waals surface area contributed by atoms with E-state index < -0.39 is 24.0 Å². The molecule has 0 saturated carbocycles. The predicted octanol–water partition coefficient (Wildman–Crippen LogP) is 5.56. The second-order valence-electron chi connectivity index (χ2n) is 8.95. The number of imide groups is 1. The number of rotatable bonds is 5. The van der Waals surface area contributed by atoms with Crippen LogP contribution in [-0.2, 0) is 14.4 Å². The maximum Gasteiger partial charge on any atom is 0.343 e. The highest BCUT2D eigenvalue weighted by molar-refractivity contribution is 14.1. The summed E-state index contributed by atoms with van der Waals surface area (Å²) in [5, 5.41) is 1.64. The molecule has 0 N–H and O–H groups in total. The van der Waals surface area contributed by atoms with E-state index in [0.29, 0.717) is 17.0 Å². The quantitative estimate of drug-likeness (QED) is 0.127. The molecular weight excluding hydrogens is 595 g/mol. The number of nitrogens with zero attached hydrogens (tertiary/aromatic N) is 2. The summed E-state index contributed by atoms with van der Waals surface area (Å²) in [5.74, 6) is -1.54. The Hall–Kier alpha value is -4.02. The van der Waals surface area contributed by atoms with E-state index in [1.807, 2.05) is 48.5 Å². The third-order valence-corrected chi connectivity index (χ3v) is 7.57. The third-order valence-electron chi connectivity index (χ3n) is 6.66. The lowest BCUT2D eigenvalue weighted by Crippen LogP contribution is -2.37. The molecule has 0 aromatic heterocycles. The Balaban J connectivity index is 1.34. The Kier molecular flexibility index (Phi) is 6.42. The van der Waals surface area contributed by atoms with Gasteiger partial charge in [0.05, 0.1) is 23.0 Å². The first kappa shape index (κ1) is 24.3. The van der Waals surface area contributed by atoms with Crippen molar-refractivity contribution in [3.8, 4) is 5.75 Å². The molecule has 7 nitrogen and oxygen atoms in total. The number of fused-ring (bicyclic) bond motifs is 1. The highest BCUT2D eigenvalue weighted by atomic mass is 127. The predicted molar refractivity (Wildman–Crippen MR) is 150 cm³/mol. The van der Waals surface area contributed by atoms with E-state index in [1.165, 1.54) is 4.90 Å². The third kappa shape index (κ3) is 4.25. The first-order valence-electron chi connectivity index (χ1n) is 12.0. The van der Waals surface area contributed by atoms with Crippen LogP contribution in [-0.4, -0.2) is 23.9 Å². The van der Waals surface area contributed by atoms with Crippen LogP contribution in [0.25, 0.3) is 0 Å². The zero-order valence-corrected chi connectivity index (χ0v) is 22.1. The fourth-order valence-corrected chi connectivity index (χ4v) is 5.52. The summed E-state index contributed by atoms with van der Waals surface area (Å²) >= 11 is 2.12. The number of para-hydroxylation sites is 2. The molecule has 2 aliphatic heterocycles. The van der Waals surface area contributed by atoms with Gasteiger partial charge in [-0.1, -0.05) is 60.7 Å². The molecule has 8 heteroatoms. The molecule has 38 heavy (non-hydrogen) atoms. The fourth-order valence-electron chi connectivity index (χ4n) is 4.90. The van der Waals surface area contributed by atoms with Crippen LogP contribution < -0.4 is 14.7 Å². The number of hydrogen-bond acceptors (Lipinski definition) is 6. The van der Waals surface area contributed by atoms with Gasteiger partial charge in [0.2, 0.25) is 5.91 Å². The second kappa shape index (κ2) is 10.0. The van der Waals surface area contributed by atoms with Crippen LogP contribution in [0.1, 0.15) is 22.0 Å². The van der Waals surface area contributed by atoms with Gasteiger partial charge in [0, 0.05) is 3.57 Å². The topological polar surface area (TPSA) is 76.2 Å². The van der Waals surface area contributed by atoms with Gasteiger partial charge < -0.3 is 4.74 Å². The molecule has 3 atom stereocenters. The van der Waals surface area contributed by atoms with Gasteiger partial charge in [-0.15, -0.1) is 0 Å². The van der Waals surface area contributed by atoms with Crippen LogP contribution in [0.2, 0.25) is 0 Å². The number of carbonyl (C=O) groups is 3. The number of benzene rings is 4. The molecule has 2 saturated heterocycles. The molecule has 6 rings (SSSR count). The molecule has 188 valence electrons. The van der Waals surface area contributed by atoms with E-state index in [2.05, 4.69) is 22.6 Å². The number of halogens is 1. The van der Waals surface area contributed by atoms with Crippen molar-refractivity contribution in [3.63, 3.8) is 0 Å². The molecule has 4 aromatic rings. The molecule has 4 aromatic carbocycles. The lowest BCUT2D eigenvalue weighted by molar-refractivity contribution is -0.126. The Morgan fingerprint density at radius 1 is 0.763 bits per heavy atom. The molecule has 0 unspecified atom stereocenters. The minimum Gasteiger partial charge on any atom is -0.423 e. The summed E-state index contributed by atoms with van der Waals surface area (Å²) in [7, 11) is 0. The van der Waals surface area contributed by atoms with Crippen molar-refractivity contribution in [1.29, 1.82) is 0 Å². The van der Waals surface area contributed by atoms with E-state index in [0.717, 1.165) is 14.8 Å². The van der Waals surface area contributed by atoms with E-state index in [-0.39, 0.29) is 11.8 Å². The summed E-state index contributed by atoms with van der Waals surface area (Å²) in [5.41, 5.74) is 2.48. The summed E-state index contributed by atoms with van der Waals surface area (Å²) in [6.07, 6.45) is -0.959. The van der Waals surface area contributed by atoms with Crippen LogP contribution in [0.3, 0.4) is 0 Å². The van der Waals surface area contributed by atoms with Crippen molar-refractivity contribution >= 4 is 51.7 Å².